The van der Waals surface area contributed by atoms with Crippen molar-refractivity contribution in [2.45, 2.75) is 19.8 Å². The lowest BCUT2D eigenvalue weighted by molar-refractivity contribution is 0.0949. The molecule has 0 saturated carbocycles. The standard InChI is InChI=1S/C21H23N3O2S/c1-15-10-11-19(26-2)17(13-15)23-21-24-18(14-27-21)20(25)22-12-6-9-16-7-4-3-5-8-16/h3-5,7-8,10-11,13-14H,6,9,12H2,1-2H3,(H,22,25)(H,23,24). The quantitative estimate of drug-likeness (QED) is 0.561. The number of anilines is 2. The van der Waals surface area contributed by atoms with Crippen LogP contribution in [-0.4, -0.2) is 24.5 Å². The van der Waals surface area contributed by atoms with Crippen LogP contribution in [0, 0.1) is 6.92 Å². The SMILES string of the molecule is COc1ccc(C)cc1Nc1nc(C(=O)NCCCc2ccccc2)cs1. The zero-order valence-electron chi connectivity index (χ0n) is 15.5. The number of hydrogen-bond acceptors (Lipinski definition) is 5. The van der Waals surface area contributed by atoms with Crippen LogP contribution in [0.1, 0.15) is 28.0 Å². The molecule has 3 rings (SSSR count). The molecule has 0 bridgehead atoms. The van der Waals surface area contributed by atoms with Gasteiger partial charge in [-0.25, -0.2) is 4.98 Å². The number of aromatic nitrogens is 1. The number of nitrogens with one attached hydrogen (secondary N) is 2. The number of nitrogens with zero attached hydrogens (tertiary/aromatic N) is 1. The number of aryl methyl sites for hydroxylation is 2. The molecule has 0 fully saturated rings. The first kappa shape index (κ1) is 18.9. The van der Waals surface area contributed by atoms with E-state index in [4.69, 9.17) is 4.74 Å². The predicted octanol–water partition coefficient (Wildman–Crippen LogP) is 4.57. The van der Waals surface area contributed by atoms with Gasteiger partial charge in [0, 0.05) is 11.9 Å². The topological polar surface area (TPSA) is 63.2 Å². The molecule has 2 aromatic carbocycles. The minimum Gasteiger partial charge on any atom is -0.495 e. The van der Waals surface area contributed by atoms with Crippen molar-refractivity contribution in [3.63, 3.8) is 0 Å². The minimum absolute atomic E-state index is 0.149. The van der Waals surface area contributed by atoms with Crippen LogP contribution in [0.2, 0.25) is 0 Å². The lowest BCUT2D eigenvalue weighted by atomic mass is 10.1. The number of carbonyl (C=O) groups excluding carboxylic acids is 1. The molecule has 2 N–H and O–H groups in total. The Hall–Kier alpha value is -2.86. The molecule has 1 amide bonds. The van der Waals surface area contributed by atoms with Crippen LogP contribution in [0.5, 0.6) is 5.75 Å². The fraction of sp³-hybridized carbons (Fsp3) is 0.238. The van der Waals surface area contributed by atoms with Gasteiger partial charge in [0.25, 0.3) is 5.91 Å². The molecule has 1 aromatic heterocycles. The summed E-state index contributed by atoms with van der Waals surface area (Å²) in [5.74, 6) is 0.589. The Bertz CT molecular complexity index is 893. The fourth-order valence-corrected chi connectivity index (χ4v) is 3.40. The van der Waals surface area contributed by atoms with E-state index in [9.17, 15) is 4.79 Å². The monoisotopic (exact) mass is 381 g/mol. The number of carbonyl (C=O) groups is 1. The highest BCUT2D eigenvalue weighted by molar-refractivity contribution is 7.14. The number of rotatable bonds is 8. The van der Waals surface area contributed by atoms with Crippen LogP contribution in [-0.2, 0) is 6.42 Å². The van der Waals surface area contributed by atoms with E-state index < -0.39 is 0 Å². The van der Waals surface area contributed by atoms with Crippen molar-refractivity contribution >= 4 is 28.1 Å². The molecule has 0 aliphatic carbocycles. The van der Waals surface area contributed by atoms with E-state index in [0.29, 0.717) is 17.4 Å². The number of ether oxygens (including phenoxy) is 1. The van der Waals surface area contributed by atoms with Crippen molar-refractivity contribution in [3.8, 4) is 5.75 Å². The van der Waals surface area contributed by atoms with Gasteiger partial charge in [0.2, 0.25) is 0 Å². The first-order valence-electron chi connectivity index (χ1n) is 8.85. The second kappa shape index (κ2) is 9.19. The third kappa shape index (κ3) is 5.31. The second-order valence-electron chi connectivity index (χ2n) is 6.21. The van der Waals surface area contributed by atoms with Gasteiger partial charge in [-0.3, -0.25) is 4.79 Å². The normalized spacial score (nSPS) is 10.4. The molecular weight excluding hydrogens is 358 g/mol. The number of hydrogen-bond donors (Lipinski definition) is 2. The lowest BCUT2D eigenvalue weighted by Gasteiger charge is -2.09. The molecule has 140 valence electrons. The number of amides is 1. The number of methoxy groups -OCH3 is 1. The summed E-state index contributed by atoms with van der Waals surface area (Å²) in [4.78, 5) is 16.7. The molecule has 0 spiro atoms. The molecule has 0 aliphatic rings. The average molecular weight is 382 g/mol. The highest BCUT2D eigenvalue weighted by Crippen LogP contribution is 2.29. The zero-order chi connectivity index (χ0) is 19.1. The second-order valence-corrected chi connectivity index (χ2v) is 7.07. The molecule has 3 aromatic rings. The van der Waals surface area contributed by atoms with E-state index in [1.165, 1.54) is 16.9 Å². The molecule has 6 heteroatoms. The Morgan fingerprint density at radius 3 is 2.78 bits per heavy atom. The molecule has 0 saturated heterocycles. The molecule has 0 radical (unpaired) electrons. The number of thiazole rings is 1. The molecule has 27 heavy (non-hydrogen) atoms. The van der Waals surface area contributed by atoms with E-state index in [2.05, 4.69) is 27.8 Å². The number of benzene rings is 2. The van der Waals surface area contributed by atoms with Gasteiger partial charge in [-0.2, -0.15) is 0 Å². The Morgan fingerprint density at radius 2 is 2.00 bits per heavy atom. The maximum atomic E-state index is 12.3. The van der Waals surface area contributed by atoms with Crippen molar-refractivity contribution in [1.29, 1.82) is 0 Å². The predicted molar refractivity (Wildman–Crippen MR) is 110 cm³/mol. The summed E-state index contributed by atoms with van der Waals surface area (Å²) in [6, 6.07) is 16.1. The van der Waals surface area contributed by atoms with E-state index in [-0.39, 0.29) is 5.91 Å². The van der Waals surface area contributed by atoms with Crippen molar-refractivity contribution in [3.05, 3.63) is 70.7 Å². The Kier molecular flexibility index (Phi) is 6.44. The summed E-state index contributed by atoms with van der Waals surface area (Å²) in [5, 5.41) is 8.58. The molecule has 0 unspecified atom stereocenters. The molecule has 0 aliphatic heterocycles. The van der Waals surface area contributed by atoms with Gasteiger partial charge in [-0.1, -0.05) is 36.4 Å². The van der Waals surface area contributed by atoms with Crippen molar-refractivity contribution in [2.24, 2.45) is 0 Å². The van der Waals surface area contributed by atoms with Crippen LogP contribution >= 0.6 is 11.3 Å². The van der Waals surface area contributed by atoms with Gasteiger partial charge in [0.1, 0.15) is 11.4 Å². The smallest absolute Gasteiger partial charge is 0.270 e. The highest BCUT2D eigenvalue weighted by Gasteiger charge is 2.12. The third-order valence-electron chi connectivity index (χ3n) is 4.10. The largest absolute Gasteiger partial charge is 0.495 e. The summed E-state index contributed by atoms with van der Waals surface area (Å²) in [5.41, 5.74) is 3.65. The van der Waals surface area contributed by atoms with Gasteiger partial charge >= 0.3 is 0 Å². The Balaban J connectivity index is 1.52. The summed E-state index contributed by atoms with van der Waals surface area (Å²) in [6.07, 6.45) is 1.84. The van der Waals surface area contributed by atoms with Crippen LogP contribution in [0.3, 0.4) is 0 Å². The summed E-state index contributed by atoms with van der Waals surface area (Å²) in [7, 11) is 1.63. The van der Waals surface area contributed by atoms with Crippen molar-refractivity contribution in [1.82, 2.24) is 10.3 Å². The third-order valence-corrected chi connectivity index (χ3v) is 4.86. The average Bonchev–Trinajstić information content (AvgIpc) is 3.15. The summed E-state index contributed by atoms with van der Waals surface area (Å²) < 4.78 is 5.36. The van der Waals surface area contributed by atoms with Crippen LogP contribution in [0.15, 0.2) is 53.9 Å². The maximum absolute atomic E-state index is 12.3. The summed E-state index contributed by atoms with van der Waals surface area (Å²) >= 11 is 1.40. The first-order chi connectivity index (χ1) is 13.2. The van der Waals surface area contributed by atoms with Crippen molar-refractivity contribution in [2.75, 3.05) is 19.0 Å². The zero-order valence-corrected chi connectivity index (χ0v) is 16.3. The Labute approximate surface area is 163 Å². The minimum atomic E-state index is -0.149. The van der Waals surface area contributed by atoms with Gasteiger partial charge < -0.3 is 15.4 Å². The van der Waals surface area contributed by atoms with Crippen LogP contribution < -0.4 is 15.4 Å². The van der Waals surface area contributed by atoms with E-state index in [1.54, 1.807) is 12.5 Å². The van der Waals surface area contributed by atoms with Crippen molar-refractivity contribution < 1.29 is 9.53 Å². The van der Waals surface area contributed by atoms with E-state index in [0.717, 1.165) is 29.8 Å². The molecule has 5 nitrogen and oxygen atoms in total. The Morgan fingerprint density at radius 1 is 1.19 bits per heavy atom. The van der Waals surface area contributed by atoms with Gasteiger partial charge in [-0.15, -0.1) is 11.3 Å². The molecule has 1 heterocycles. The van der Waals surface area contributed by atoms with Crippen LogP contribution in [0.4, 0.5) is 10.8 Å². The van der Waals surface area contributed by atoms with Crippen LogP contribution in [0.25, 0.3) is 0 Å². The lowest BCUT2D eigenvalue weighted by Crippen LogP contribution is -2.25. The fourth-order valence-electron chi connectivity index (χ4n) is 2.70. The van der Waals surface area contributed by atoms with E-state index in [1.807, 2.05) is 43.3 Å². The maximum Gasteiger partial charge on any atom is 0.270 e. The molecule has 0 atom stereocenters. The van der Waals surface area contributed by atoms with Gasteiger partial charge in [-0.05, 0) is 43.0 Å². The molecular formula is C21H23N3O2S. The highest BCUT2D eigenvalue weighted by atomic mass is 32.1. The summed E-state index contributed by atoms with van der Waals surface area (Å²) in [6.45, 7) is 2.64. The first-order valence-corrected chi connectivity index (χ1v) is 9.73. The van der Waals surface area contributed by atoms with Gasteiger partial charge in [0.15, 0.2) is 5.13 Å². The van der Waals surface area contributed by atoms with Gasteiger partial charge in [0.05, 0.1) is 12.8 Å². The van der Waals surface area contributed by atoms with E-state index >= 15 is 0 Å².